The van der Waals surface area contributed by atoms with Gasteiger partial charge in [-0.3, -0.25) is 9.69 Å². The zero-order valence-corrected chi connectivity index (χ0v) is 11.7. The molecule has 3 nitrogen and oxygen atoms in total. The molecule has 3 heteroatoms. The van der Waals surface area contributed by atoms with Crippen LogP contribution in [0.2, 0.25) is 0 Å². The monoisotopic (exact) mass is 269 g/mol. The van der Waals surface area contributed by atoms with E-state index in [1.807, 2.05) is 6.07 Å². The van der Waals surface area contributed by atoms with Crippen LogP contribution in [0.25, 0.3) is 0 Å². The van der Waals surface area contributed by atoms with Crippen LogP contribution in [0.15, 0.2) is 36.4 Å². The van der Waals surface area contributed by atoms with Crippen molar-refractivity contribution in [2.45, 2.75) is 36.3 Å². The minimum absolute atomic E-state index is 0.0653. The summed E-state index contributed by atoms with van der Waals surface area (Å²) in [5.41, 5.74) is 1.13. The van der Waals surface area contributed by atoms with E-state index in [0.29, 0.717) is 6.42 Å². The van der Waals surface area contributed by atoms with E-state index >= 15 is 0 Å². The van der Waals surface area contributed by atoms with Crippen molar-refractivity contribution in [3.63, 3.8) is 0 Å². The Hall–Kier alpha value is -1.45. The molecule has 1 fully saturated rings. The van der Waals surface area contributed by atoms with E-state index in [0.717, 1.165) is 19.4 Å². The van der Waals surface area contributed by atoms with E-state index in [2.05, 4.69) is 30.1 Å². The summed E-state index contributed by atoms with van der Waals surface area (Å²) < 4.78 is 0. The first kappa shape index (κ1) is 12.3. The summed E-state index contributed by atoms with van der Waals surface area (Å²) in [4.78, 5) is 14.3. The van der Waals surface area contributed by atoms with Gasteiger partial charge in [0.25, 0.3) is 0 Å². The van der Waals surface area contributed by atoms with E-state index < -0.39 is 11.0 Å². The SMILES string of the molecule is CN1CC[C@]23CC(=O)C=C[C@@]2(O)[C@H]1Cc1ccccc13. The minimum Gasteiger partial charge on any atom is -0.383 e. The van der Waals surface area contributed by atoms with Crippen molar-refractivity contribution in [3.05, 3.63) is 47.5 Å². The van der Waals surface area contributed by atoms with E-state index in [4.69, 9.17) is 0 Å². The highest BCUT2D eigenvalue weighted by molar-refractivity contribution is 5.93. The van der Waals surface area contributed by atoms with Gasteiger partial charge >= 0.3 is 0 Å². The number of hydrogen-bond acceptors (Lipinski definition) is 3. The molecule has 0 unspecified atom stereocenters. The van der Waals surface area contributed by atoms with Gasteiger partial charge in [-0.1, -0.05) is 24.3 Å². The van der Waals surface area contributed by atoms with Crippen molar-refractivity contribution >= 4 is 5.78 Å². The first-order valence-electron chi connectivity index (χ1n) is 7.30. The highest BCUT2D eigenvalue weighted by Crippen LogP contribution is 2.55. The summed E-state index contributed by atoms with van der Waals surface area (Å²) in [6, 6.07) is 8.39. The second-order valence-electron chi connectivity index (χ2n) is 6.49. The van der Waals surface area contributed by atoms with Gasteiger partial charge in [0.15, 0.2) is 5.78 Å². The Bertz CT molecular complexity index is 623. The number of carbonyl (C=O) groups excluding carboxylic acids is 1. The molecule has 104 valence electrons. The van der Waals surface area contributed by atoms with Gasteiger partial charge in [0.1, 0.15) is 5.60 Å². The fraction of sp³-hybridized carbons (Fsp3) is 0.471. The molecule has 1 saturated heterocycles. The topological polar surface area (TPSA) is 40.5 Å². The second kappa shape index (κ2) is 3.80. The molecule has 1 aliphatic heterocycles. The first-order valence-corrected chi connectivity index (χ1v) is 7.30. The van der Waals surface area contributed by atoms with E-state index in [1.54, 1.807) is 12.2 Å². The summed E-state index contributed by atoms with van der Waals surface area (Å²) in [5, 5.41) is 11.4. The van der Waals surface area contributed by atoms with Gasteiger partial charge in [-0.2, -0.15) is 0 Å². The summed E-state index contributed by atoms with van der Waals surface area (Å²) in [6.07, 6.45) is 5.47. The van der Waals surface area contributed by atoms with Gasteiger partial charge in [0, 0.05) is 17.9 Å². The molecule has 2 aliphatic carbocycles. The van der Waals surface area contributed by atoms with Gasteiger partial charge in [-0.25, -0.2) is 0 Å². The molecule has 1 aromatic rings. The number of rotatable bonds is 0. The summed E-state index contributed by atoms with van der Waals surface area (Å²) >= 11 is 0. The number of aliphatic hydroxyl groups is 1. The van der Waals surface area contributed by atoms with Gasteiger partial charge in [-0.15, -0.1) is 0 Å². The van der Waals surface area contributed by atoms with Crippen molar-refractivity contribution in [2.24, 2.45) is 0 Å². The van der Waals surface area contributed by atoms with Crippen LogP contribution in [0.3, 0.4) is 0 Å². The maximum absolute atomic E-state index is 12.0. The molecule has 1 N–H and O–H groups in total. The molecular weight excluding hydrogens is 250 g/mol. The fourth-order valence-electron chi connectivity index (χ4n) is 4.59. The predicted octanol–water partition coefficient (Wildman–Crippen LogP) is 1.44. The normalized spacial score (nSPS) is 39.3. The highest BCUT2D eigenvalue weighted by Gasteiger charge is 2.62. The third-order valence-electron chi connectivity index (χ3n) is 5.64. The lowest BCUT2D eigenvalue weighted by Gasteiger charge is -2.61. The van der Waals surface area contributed by atoms with Gasteiger partial charge < -0.3 is 5.11 Å². The average Bonchev–Trinajstić information content (AvgIpc) is 2.44. The molecule has 4 rings (SSSR count). The van der Waals surface area contributed by atoms with Gasteiger partial charge in [0.05, 0.1) is 0 Å². The van der Waals surface area contributed by atoms with Crippen molar-refractivity contribution in [1.82, 2.24) is 4.90 Å². The molecule has 0 saturated carbocycles. The Balaban J connectivity index is 2.02. The average molecular weight is 269 g/mol. The van der Waals surface area contributed by atoms with Crippen molar-refractivity contribution in [3.8, 4) is 0 Å². The molecule has 1 aromatic carbocycles. The number of ketones is 1. The summed E-state index contributed by atoms with van der Waals surface area (Å²) in [7, 11) is 2.07. The molecule has 3 atom stereocenters. The lowest BCUT2D eigenvalue weighted by atomic mass is 9.51. The smallest absolute Gasteiger partial charge is 0.156 e. The Morgan fingerprint density at radius 2 is 2.15 bits per heavy atom. The third-order valence-corrected chi connectivity index (χ3v) is 5.64. The molecule has 0 aromatic heterocycles. The van der Waals surface area contributed by atoms with Crippen LogP contribution in [-0.4, -0.2) is 41.0 Å². The van der Waals surface area contributed by atoms with Crippen LogP contribution in [0.1, 0.15) is 24.0 Å². The Kier molecular flexibility index (Phi) is 2.34. The highest BCUT2D eigenvalue weighted by atomic mass is 16.3. The van der Waals surface area contributed by atoms with Crippen LogP contribution in [0.5, 0.6) is 0 Å². The summed E-state index contributed by atoms with van der Waals surface area (Å²) in [5.74, 6) is 0.134. The fourth-order valence-corrected chi connectivity index (χ4v) is 4.59. The van der Waals surface area contributed by atoms with E-state index in [1.165, 1.54) is 11.1 Å². The van der Waals surface area contributed by atoms with Gasteiger partial charge in [-0.05, 0) is 49.7 Å². The Morgan fingerprint density at radius 3 is 3.00 bits per heavy atom. The molecular formula is C17H19NO2. The summed E-state index contributed by atoms with van der Waals surface area (Å²) in [6.45, 7) is 0.933. The zero-order chi connectivity index (χ0) is 14.0. The number of fused-ring (bicyclic) bond motifs is 1. The third kappa shape index (κ3) is 1.30. The number of allylic oxidation sites excluding steroid dienone is 1. The maximum atomic E-state index is 12.0. The number of hydrogen-bond donors (Lipinski definition) is 1. The molecule has 20 heavy (non-hydrogen) atoms. The maximum Gasteiger partial charge on any atom is 0.156 e. The first-order chi connectivity index (χ1) is 9.57. The lowest BCUT2D eigenvalue weighted by molar-refractivity contribution is -0.135. The molecule has 0 spiro atoms. The number of carbonyl (C=O) groups is 1. The number of piperidine rings is 1. The quantitative estimate of drug-likeness (QED) is 0.775. The standard InChI is InChI=1S/C17H19NO2/c1-18-9-8-16-11-13(19)6-7-17(16,20)15(18)10-12-4-2-3-5-14(12)16/h2-7,15,20H,8-11H2,1H3/t15-,16-,17-/m1/s1. The van der Waals surface area contributed by atoms with Crippen molar-refractivity contribution in [1.29, 1.82) is 0 Å². The number of benzene rings is 1. The van der Waals surface area contributed by atoms with E-state index in [9.17, 15) is 9.90 Å². The van der Waals surface area contributed by atoms with Crippen molar-refractivity contribution in [2.75, 3.05) is 13.6 Å². The van der Waals surface area contributed by atoms with Gasteiger partial charge in [0.2, 0.25) is 0 Å². The van der Waals surface area contributed by atoms with Crippen LogP contribution in [0, 0.1) is 0 Å². The van der Waals surface area contributed by atoms with Crippen LogP contribution in [0.4, 0.5) is 0 Å². The lowest BCUT2D eigenvalue weighted by Crippen LogP contribution is -2.71. The van der Waals surface area contributed by atoms with Crippen LogP contribution in [-0.2, 0) is 16.6 Å². The second-order valence-corrected chi connectivity index (χ2v) is 6.49. The molecule has 0 amide bonds. The largest absolute Gasteiger partial charge is 0.383 e. The number of likely N-dealkylation sites (N-methyl/N-ethyl adjacent to an activating group) is 1. The van der Waals surface area contributed by atoms with Crippen LogP contribution >= 0.6 is 0 Å². The number of likely N-dealkylation sites (tertiary alicyclic amines) is 1. The zero-order valence-electron chi connectivity index (χ0n) is 11.7. The minimum atomic E-state index is -0.914. The predicted molar refractivity (Wildman–Crippen MR) is 76.6 cm³/mol. The molecule has 1 heterocycles. The van der Waals surface area contributed by atoms with Crippen LogP contribution < -0.4 is 0 Å². The molecule has 0 radical (unpaired) electrons. The van der Waals surface area contributed by atoms with Crippen molar-refractivity contribution < 1.29 is 9.90 Å². The van der Waals surface area contributed by atoms with E-state index in [-0.39, 0.29) is 11.8 Å². The number of nitrogens with zero attached hydrogens (tertiary/aromatic N) is 1. The Morgan fingerprint density at radius 1 is 1.35 bits per heavy atom. The Labute approximate surface area is 118 Å². The molecule has 2 bridgehead atoms. The molecule has 3 aliphatic rings.